The molecular formula is C14H17F3N6O2. The minimum atomic E-state index is -4.58. The molecule has 3 rings (SSSR count). The van der Waals surface area contributed by atoms with Gasteiger partial charge in [-0.1, -0.05) is 0 Å². The van der Waals surface area contributed by atoms with Gasteiger partial charge in [-0.05, 0) is 13.3 Å². The number of methoxy groups -OCH3 is 1. The number of nitrogens with one attached hydrogen (secondary N) is 2. The summed E-state index contributed by atoms with van der Waals surface area (Å²) in [7, 11) is 1.25. The molecule has 1 fully saturated rings. The lowest BCUT2D eigenvalue weighted by atomic mass is 10.0. The molecule has 2 atom stereocenters. The first-order chi connectivity index (χ1) is 11.9. The minimum Gasteiger partial charge on any atom is -0.481 e. The molecule has 2 aromatic rings. The molecule has 0 aliphatic carbocycles. The summed E-state index contributed by atoms with van der Waals surface area (Å²) in [5.74, 6) is 0.879. The Balaban J connectivity index is 1.72. The molecule has 136 valence electrons. The van der Waals surface area contributed by atoms with Crippen molar-refractivity contribution in [2.24, 2.45) is 5.92 Å². The quantitative estimate of drug-likeness (QED) is 0.845. The fourth-order valence-electron chi connectivity index (χ4n) is 2.59. The van der Waals surface area contributed by atoms with E-state index < -0.39 is 11.9 Å². The van der Waals surface area contributed by atoms with Crippen molar-refractivity contribution in [3.05, 3.63) is 23.4 Å². The maximum atomic E-state index is 12.9. The molecule has 0 amide bonds. The molecule has 0 bridgehead atoms. The first-order valence-electron chi connectivity index (χ1n) is 7.61. The number of alkyl halides is 3. The van der Waals surface area contributed by atoms with Crippen LogP contribution in [0, 0.1) is 12.8 Å². The zero-order chi connectivity index (χ0) is 18.0. The predicted octanol–water partition coefficient (Wildman–Crippen LogP) is 2.12. The van der Waals surface area contributed by atoms with Gasteiger partial charge in [0.1, 0.15) is 11.9 Å². The third kappa shape index (κ3) is 3.98. The van der Waals surface area contributed by atoms with Crippen LogP contribution in [-0.4, -0.2) is 45.4 Å². The van der Waals surface area contributed by atoms with E-state index in [1.165, 1.54) is 7.11 Å². The highest BCUT2D eigenvalue weighted by Crippen LogP contribution is 2.33. The largest absolute Gasteiger partial charge is 0.481 e. The van der Waals surface area contributed by atoms with Gasteiger partial charge in [-0.15, -0.1) is 0 Å². The van der Waals surface area contributed by atoms with E-state index in [-0.39, 0.29) is 23.9 Å². The Morgan fingerprint density at radius 2 is 2.16 bits per heavy atom. The summed E-state index contributed by atoms with van der Waals surface area (Å²) in [6.07, 6.45) is -4.19. The van der Waals surface area contributed by atoms with Gasteiger partial charge in [-0.3, -0.25) is 5.10 Å². The van der Waals surface area contributed by atoms with E-state index >= 15 is 0 Å². The van der Waals surface area contributed by atoms with Crippen molar-refractivity contribution < 1.29 is 22.6 Å². The molecule has 0 radical (unpaired) electrons. The Hall–Kier alpha value is -2.43. The summed E-state index contributed by atoms with van der Waals surface area (Å²) < 4.78 is 49.2. The molecule has 25 heavy (non-hydrogen) atoms. The highest BCUT2D eigenvalue weighted by molar-refractivity contribution is 5.32. The van der Waals surface area contributed by atoms with Crippen LogP contribution >= 0.6 is 0 Å². The third-order valence-corrected chi connectivity index (χ3v) is 3.81. The number of nitrogens with zero attached hydrogens (tertiary/aromatic N) is 4. The summed E-state index contributed by atoms with van der Waals surface area (Å²) in [5, 5.41) is 9.67. The van der Waals surface area contributed by atoms with Gasteiger partial charge in [0, 0.05) is 25.1 Å². The number of aryl methyl sites for hydroxylation is 1. The van der Waals surface area contributed by atoms with Crippen molar-refractivity contribution >= 4 is 5.95 Å². The Morgan fingerprint density at radius 1 is 1.36 bits per heavy atom. The average Bonchev–Trinajstić information content (AvgIpc) is 3.20. The lowest BCUT2D eigenvalue weighted by Crippen LogP contribution is -2.21. The number of anilines is 1. The second-order valence-corrected chi connectivity index (χ2v) is 5.62. The van der Waals surface area contributed by atoms with Crippen molar-refractivity contribution in [1.82, 2.24) is 25.1 Å². The topological polar surface area (TPSA) is 97.8 Å². The highest BCUT2D eigenvalue weighted by atomic mass is 19.4. The average molecular weight is 358 g/mol. The van der Waals surface area contributed by atoms with Crippen molar-refractivity contribution in [3.63, 3.8) is 0 Å². The number of aromatic amines is 1. The van der Waals surface area contributed by atoms with E-state index in [9.17, 15) is 13.2 Å². The summed E-state index contributed by atoms with van der Waals surface area (Å²) in [4.78, 5) is 11.7. The Bertz CT molecular complexity index is 736. The maximum absolute atomic E-state index is 12.9. The molecule has 1 aliphatic rings. The normalized spacial score (nSPS) is 20.7. The molecule has 0 saturated carbocycles. The van der Waals surface area contributed by atoms with Crippen LogP contribution in [0.4, 0.5) is 19.1 Å². The van der Waals surface area contributed by atoms with Crippen LogP contribution in [-0.2, 0) is 10.9 Å². The summed E-state index contributed by atoms with van der Waals surface area (Å²) in [6, 6.07) is 0.753. The van der Waals surface area contributed by atoms with Crippen LogP contribution in [0.2, 0.25) is 0 Å². The molecule has 1 aliphatic heterocycles. The number of H-pyrrole nitrogens is 1. The molecular weight excluding hydrogens is 341 g/mol. The van der Waals surface area contributed by atoms with Crippen LogP contribution in [0.15, 0.2) is 6.07 Å². The first kappa shape index (κ1) is 17.4. The molecule has 2 aromatic heterocycles. The third-order valence-electron chi connectivity index (χ3n) is 3.81. The smallest absolute Gasteiger partial charge is 0.433 e. The molecule has 0 spiro atoms. The van der Waals surface area contributed by atoms with Gasteiger partial charge in [-0.25, -0.2) is 9.97 Å². The summed E-state index contributed by atoms with van der Waals surface area (Å²) in [5.41, 5.74) is -1.06. The standard InChI is InChI=1S/C14H17F3N6O2/c1-7-19-12(23-22-7)11-8(3-4-25-11)6-18-13-20-9(14(15,16)17)5-10(21-13)24-2/h5,8,11H,3-4,6H2,1-2H3,(H,18,20,21)(H,19,22,23)/t8-,11-/m0/s1. The van der Waals surface area contributed by atoms with E-state index in [1.807, 2.05) is 0 Å². The van der Waals surface area contributed by atoms with Gasteiger partial charge < -0.3 is 14.8 Å². The first-order valence-corrected chi connectivity index (χ1v) is 7.61. The van der Waals surface area contributed by atoms with Crippen LogP contribution in [0.3, 0.4) is 0 Å². The van der Waals surface area contributed by atoms with Gasteiger partial charge in [0.15, 0.2) is 11.5 Å². The van der Waals surface area contributed by atoms with Crippen LogP contribution in [0.5, 0.6) is 5.88 Å². The minimum absolute atomic E-state index is 0.0145. The van der Waals surface area contributed by atoms with Crippen molar-refractivity contribution in [1.29, 1.82) is 0 Å². The van der Waals surface area contributed by atoms with Crippen LogP contribution in [0.25, 0.3) is 0 Å². The van der Waals surface area contributed by atoms with Crippen LogP contribution < -0.4 is 10.1 Å². The number of hydrogen-bond donors (Lipinski definition) is 2. The molecule has 2 N–H and O–H groups in total. The van der Waals surface area contributed by atoms with E-state index in [1.54, 1.807) is 6.92 Å². The zero-order valence-corrected chi connectivity index (χ0v) is 13.6. The van der Waals surface area contributed by atoms with Crippen molar-refractivity contribution in [3.8, 4) is 5.88 Å². The SMILES string of the molecule is COc1cc(C(F)(F)F)nc(NC[C@@H]2CCO[C@@H]2c2n[nH]c(C)n2)n1. The number of halogens is 3. The van der Waals surface area contributed by atoms with Crippen molar-refractivity contribution in [2.75, 3.05) is 25.6 Å². The number of rotatable bonds is 5. The zero-order valence-electron chi connectivity index (χ0n) is 13.6. The highest BCUT2D eigenvalue weighted by Gasteiger charge is 2.35. The summed E-state index contributed by atoms with van der Waals surface area (Å²) in [6.45, 7) is 2.63. The lowest BCUT2D eigenvalue weighted by molar-refractivity contribution is -0.141. The van der Waals surface area contributed by atoms with Gasteiger partial charge in [0.2, 0.25) is 11.8 Å². The van der Waals surface area contributed by atoms with Gasteiger partial charge in [0.25, 0.3) is 0 Å². The molecule has 0 unspecified atom stereocenters. The Morgan fingerprint density at radius 3 is 2.80 bits per heavy atom. The van der Waals surface area contributed by atoms with E-state index in [4.69, 9.17) is 9.47 Å². The van der Waals surface area contributed by atoms with E-state index in [0.717, 1.165) is 12.5 Å². The maximum Gasteiger partial charge on any atom is 0.433 e. The number of ether oxygens (including phenoxy) is 2. The fourth-order valence-corrected chi connectivity index (χ4v) is 2.59. The Kier molecular flexibility index (Phi) is 4.75. The second kappa shape index (κ2) is 6.82. The van der Waals surface area contributed by atoms with E-state index in [2.05, 4.69) is 30.5 Å². The molecule has 3 heterocycles. The fraction of sp³-hybridized carbons (Fsp3) is 0.571. The van der Waals surface area contributed by atoms with Crippen LogP contribution in [0.1, 0.15) is 29.9 Å². The van der Waals surface area contributed by atoms with Crippen molar-refractivity contribution in [2.45, 2.75) is 25.6 Å². The number of aromatic nitrogens is 5. The second-order valence-electron chi connectivity index (χ2n) is 5.62. The molecule has 11 heteroatoms. The van der Waals surface area contributed by atoms with Gasteiger partial charge in [-0.2, -0.15) is 23.3 Å². The van der Waals surface area contributed by atoms with Gasteiger partial charge >= 0.3 is 6.18 Å². The summed E-state index contributed by atoms with van der Waals surface area (Å²) >= 11 is 0. The Labute approximate surface area is 141 Å². The predicted molar refractivity (Wildman–Crippen MR) is 80.0 cm³/mol. The molecule has 8 nitrogen and oxygen atoms in total. The molecule has 1 saturated heterocycles. The monoisotopic (exact) mass is 358 g/mol. The number of hydrogen-bond acceptors (Lipinski definition) is 7. The lowest BCUT2D eigenvalue weighted by Gasteiger charge is -2.17. The molecule has 0 aromatic carbocycles. The van der Waals surface area contributed by atoms with Gasteiger partial charge in [0.05, 0.1) is 7.11 Å². The van der Waals surface area contributed by atoms with E-state index in [0.29, 0.717) is 24.8 Å².